The van der Waals surface area contributed by atoms with Crippen LogP contribution in [0.5, 0.6) is 0 Å². The van der Waals surface area contributed by atoms with E-state index in [0.717, 1.165) is 5.56 Å². The minimum absolute atomic E-state index is 0.0910. The summed E-state index contributed by atoms with van der Waals surface area (Å²) in [4.78, 5) is 45.5. The highest BCUT2D eigenvalue weighted by Gasteiger charge is 2.54. The standard InChI is InChI=1S/C29H37N3O4/c1-28(2,3)19-25(33)31-17-15-29(16-18-31)32(26(34)23-13-9-6-10-14-23)24(21-36-29)27(35)30(4)20-22-11-7-5-8-12-22/h5-14,24H,15-21H2,1-4H3. The summed E-state index contributed by atoms with van der Waals surface area (Å²) >= 11 is 0. The van der Waals surface area contributed by atoms with Crippen molar-refractivity contribution in [2.45, 2.75) is 58.3 Å². The van der Waals surface area contributed by atoms with Crippen LogP contribution in [0.3, 0.4) is 0 Å². The minimum atomic E-state index is -0.903. The van der Waals surface area contributed by atoms with Crippen LogP contribution < -0.4 is 0 Å². The van der Waals surface area contributed by atoms with Crippen molar-refractivity contribution in [1.29, 1.82) is 0 Å². The van der Waals surface area contributed by atoms with Crippen molar-refractivity contribution in [3.63, 3.8) is 0 Å². The lowest BCUT2D eigenvalue weighted by Gasteiger charge is -2.45. The van der Waals surface area contributed by atoms with Crippen LogP contribution in [0.25, 0.3) is 0 Å². The Morgan fingerprint density at radius 3 is 2.14 bits per heavy atom. The van der Waals surface area contributed by atoms with Crippen LogP contribution in [0.15, 0.2) is 60.7 Å². The summed E-state index contributed by atoms with van der Waals surface area (Å²) in [5.41, 5.74) is 0.552. The van der Waals surface area contributed by atoms with E-state index < -0.39 is 11.8 Å². The van der Waals surface area contributed by atoms with Crippen molar-refractivity contribution in [2.24, 2.45) is 5.41 Å². The molecule has 1 atom stereocenters. The molecular weight excluding hydrogens is 454 g/mol. The van der Waals surface area contributed by atoms with Gasteiger partial charge < -0.3 is 14.5 Å². The minimum Gasteiger partial charge on any atom is -0.353 e. The Labute approximate surface area is 214 Å². The van der Waals surface area contributed by atoms with Crippen LogP contribution in [0, 0.1) is 5.41 Å². The Morgan fingerprint density at radius 2 is 1.56 bits per heavy atom. The zero-order chi connectivity index (χ0) is 25.9. The molecule has 3 amide bonds. The van der Waals surface area contributed by atoms with Crippen LogP contribution in [-0.4, -0.2) is 70.9 Å². The van der Waals surface area contributed by atoms with Gasteiger partial charge in [0.2, 0.25) is 11.8 Å². The lowest BCUT2D eigenvalue weighted by Crippen LogP contribution is -2.60. The number of carbonyl (C=O) groups is 3. The van der Waals surface area contributed by atoms with Crippen LogP contribution in [0.1, 0.15) is 56.0 Å². The molecule has 1 unspecified atom stereocenters. The third-order valence-electron chi connectivity index (χ3n) is 7.00. The van der Waals surface area contributed by atoms with Gasteiger partial charge in [-0.15, -0.1) is 0 Å². The number of hydrogen-bond acceptors (Lipinski definition) is 4. The highest BCUT2D eigenvalue weighted by molar-refractivity contribution is 5.98. The SMILES string of the molecule is CN(Cc1ccccc1)C(=O)C1COC2(CCN(C(=O)CC(C)(C)C)CC2)N1C(=O)c1ccccc1. The van der Waals surface area contributed by atoms with E-state index in [1.165, 1.54) is 0 Å². The fourth-order valence-corrected chi connectivity index (χ4v) is 5.14. The van der Waals surface area contributed by atoms with E-state index in [0.29, 0.717) is 44.5 Å². The molecule has 1 spiro atoms. The van der Waals surface area contributed by atoms with Gasteiger partial charge in [0.05, 0.1) is 6.61 Å². The van der Waals surface area contributed by atoms with E-state index in [9.17, 15) is 14.4 Å². The van der Waals surface area contributed by atoms with Crippen molar-refractivity contribution in [2.75, 3.05) is 26.7 Å². The summed E-state index contributed by atoms with van der Waals surface area (Å²) in [5, 5.41) is 0. The first-order valence-electron chi connectivity index (χ1n) is 12.7. The van der Waals surface area contributed by atoms with Crippen molar-refractivity contribution < 1.29 is 19.1 Å². The molecule has 2 aliphatic heterocycles. The first-order valence-corrected chi connectivity index (χ1v) is 12.7. The molecule has 7 heteroatoms. The topological polar surface area (TPSA) is 70.2 Å². The number of carbonyl (C=O) groups excluding carboxylic acids is 3. The molecule has 2 aromatic rings. The van der Waals surface area contributed by atoms with Crippen molar-refractivity contribution in [1.82, 2.24) is 14.7 Å². The Kier molecular flexibility index (Phi) is 7.50. The summed E-state index contributed by atoms with van der Waals surface area (Å²) in [5.74, 6) is -0.244. The average molecular weight is 492 g/mol. The Balaban J connectivity index is 1.56. The molecule has 0 aliphatic carbocycles. The van der Waals surface area contributed by atoms with Crippen LogP contribution >= 0.6 is 0 Å². The first kappa shape index (κ1) is 25.9. The second-order valence-corrected chi connectivity index (χ2v) is 11.1. The van der Waals surface area contributed by atoms with Gasteiger partial charge in [0.1, 0.15) is 11.8 Å². The largest absolute Gasteiger partial charge is 0.353 e. The number of ether oxygens (including phenoxy) is 1. The van der Waals surface area contributed by atoms with E-state index >= 15 is 0 Å². The number of rotatable bonds is 5. The third-order valence-corrected chi connectivity index (χ3v) is 7.00. The number of likely N-dealkylation sites (tertiary alicyclic amines) is 1. The highest BCUT2D eigenvalue weighted by Crippen LogP contribution is 2.39. The second kappa shape index (κ2) is 10.4. The van der Waals surface area contributed by atoms with Crippen molar-refractivity contribution in [3.8, 4) is 0 Å². The third kappa shape index (κ3) is 5.62. The maximum atomic E-state index is 13.8. The number of benzene rings is 2. The lowest BCUT2D eigenvalue weighted by molar-refractivity contribution is -0.146. The predicted octanol–water partition coefficient (Wildman–Crippen LogP) is 3.94. The molecule has 0 radical (unpaired) electrons. The molecular formula is C29H37N3O4. The Hall–Kier alpha value is -3.19. The summed E-state index contributed by atoms with van der Waals surface area (Å²) in [6.45, 7) is 7.75. The van der Waals surface area contributed by atoms with Crippen LogP contribution in [-0.2, 0) is 20.9 Å². The maximum Gasteiger partial charge on any atom is 0.256 e. The van der Waals surface area contributed by atoms with Gasteiger partial charge in [0, 0.05) is 51.5 Å². The number of hydrogen-bond donors (Lipinski definition) is 0. The van der Waals surface area contributed by atoms with Crippen LogP contribution in [0.2, 0.25) is 0 Å². The van der Waals surface area contributed by atoms with Gasteiger partial charge in [0.25, 0.3) is 5.91 Å². The zero-order valence-electron chi connectivity index (χ0n) is 21.8. The quantitative estimate of drug-likeness (QED) is 0.635. The molecule has 0 N–H and O–H groups in total. The summed E-state index contributed by atoms with van der Waals surface area (Å²) in [7, 11) is 1.76. The predicted molar refractivity (Wildman–Crippen MR) is 138 cm³/mol. The first-order chi connectivity index (χ1) is 17.1. The molecule has 0 aromatic heterocycles. The van der Waals surface area contributed by atoms with E-state index in [1.54, 1.807) is 29.0 Å². The average Bonchev–Trinajstić information content (AvgIpc) is 3.21. The summed E-state index contributed by atoms with van der Waals surface area (Å²) < 4.78 is 6.32. The Bertz CT molecular complexity index is 1070. The maximum absolute atomic E-state index is 13.8. The fourth-order valence-electron chi connectivity index (χ4n) is 5.14. The molecule has 2 fully saturated rings. The smallest absolute Gasteiger partial charge is 0.256 e. The molecule has 2 heterocycles. The number of nitrogens with zero attached hydrogens (tertiary/aromatic N) is 3. The zero-order valence-corrected chi connectivity index (χ0v) is 21.8. The van der Waals surface area contributed by atoms with Gasteiger partial charge in [0.15, 0.2) is 0 Å². The number of likely N-dealkylation sites (N-methyl/N-ethyl adjacent to an activating group) is 1. The molecule has 2 saturated heterocycles. The molecule has 192 valence electrons. The van der Waals surface area contributed by atoms with Crippen LogP contribution in [0.4, 0.5) is 0 Å². The number of piperidine rings is 1. The van der Waals surface area contributed by atoms with Gasteiger partial charge in [-0.1, -0.05) is 69.3 Å². The summed E-state index contributed by atoms with van der Waals surface area (Å²) in [6.07, 6.45) is 1.43. The van der Waals surface area contributed by atoms with Gasteiger partial charge >= 0.3 is 0 Å². The van der Waals surface area contributed by atoms with E-state index in [4.69, 9.17) is 4.74 Å². The van der Waals surface area contributed by atoms with Crippen molar-refractivity contribution >= 4 is 17.7 Å². The highest BCUT2D eigenvalue weighted by atomic mass is 16.5. The van der Waals surface area contributed by atoms with E-state index in [-0.39, 0.29) is 29.7 Å². The second-order valence-electron chi connectivity index (χ2n) is 11.1. The normalized spacial score (nSPS) is 19.4. The molecule has 0 bridgehead atoms. The van der Waals surface area contributed by atoms with Gasteiger partial charge in [-0.05, 0) is 23.1 Å². The fraction of sp³-hybridized carbons (Fsp3) is 0.483. The van der Waals surface area contributed by atoms with E-state index in [2.05, 4.69) is 20.8 Å². The molecule has 36 heavy (non-hydrogen) atoms. The monoisotopic (exact) mass is 491 g/mol. The van der Waals surface area contributed by atoms with Gasteiger partial charge in [-0.2, -0.15) is 0 Å². The molecule has 7 nitrogen and oxygen atoms in total. The lowest BCUT2D eigenvalue weighted by atomic mass is 9.90. The molecule has 2 aromatic carbocycles. The van der Waals surface area contributed by atoms with Crippen molar-refractivity contribution in [3.05, 3.63) is 71.8 Å². The summed E-state index contributed by atoms with van der Waals surface area (Å²) in [6, 6.07) is 18.1. The van der Waals surface area contributed by atoms with Gasteiger partial charge in [-0.25, -0.2) is 0 Å². The Morgan fingerprint density at radius 1 is 0.972 bits per heavy atom. The van der Waals surface area contributed by atoms with Gasteiger partial charge in [-0.3, -0.25) is 19.3 Å². The number of amides is 3. The molecule has 2 aliphatic rings. The van der Waals surface area contributed by atoms with E-state index in [1.807, 2.05) is 53.4 Å². The molecule has 0 saturated carbocycles. The molecule has 4 rings (SSSR count).